The molecule has 1 aliphatic rings. The number of hydrogen-bond acceptors (Lipinski definition) is 3. The van der Waals surface area contributed by atoms with Gasteiger partial charge in [-0.1, -0.05) is 41.1 Å². The van der Waals surface area contributed by atoms with Crippen molar-refractivity contribution < 1.29 is 9.53 Å². The van der Waals surface area contributed by atoms with E-state index in [4.69, 9.17) is 4.74 Å². The topological polar surface area (TPSA) is 29.5 Å². The van der Waals surface area contributed by atoms with Gasteiger partial charge in [-0.2, -0.15) is 0 Å². The summed E-state index contributed by atoms with van der Waals surface area (Å²) in [5.41, 5.74) is 0.577. The highest BCUT2D eigenvalue weighted by Crippen LogP contribution is 2.48. The van der Waals surface area contributed by atoms with E-state index in [0.29, 0.717) is 5.92 Å². The van der Waals surface area contributed by atoms with Crippen LogP contribution in [0.5, 0.6) is 0 Å². The highest BCUT2D eigenvalue weighted by Gasteiger charge is 2.60. The standard InChI is InChI=1S/C15H20BrNO2/c1-10-9-15(10,17(3)4)14(18)19-11(2)12-7-5-6-8-13(12)16/h5-8,10-11H,9H2,1-4H3. The van der Waals surface area contributed by atoms with E-state index in [9.17, 15) is 4.79 Å². The Morgan fingerprint density at radius 1 is 1.47 bits per heavy atom. The van der Waals surface area contributed by atoms with Crippen molar-refractivity contribution in [2.24, 2.45) is 5.92 Å². The van der Waals surface area contributed by atoms with Crippen molar-refractivity contribution in [3.05, 3.63) is 34.3 Å². The Hall–Kier alpha value is -0.870. The first-order valence-corrected chi connectivity index (χ1v) is 7.32. The van der Waals surface area contributed by atoms with E-state index in [2.05, 4.69) is 22.9 Å². The van der Waals surface area contributed by atoms with Crippen LogP contribution in [-0.4, -0.2) is 30.5 Å². The van der Waals surface area contributed by atoms with E-state index in [0.717, 1.165) is 16.5 Å². The molecule has 0 spiro atoms. The minimum atomic E-state index is -0.421. The molecule has 3 atom stereocenters. The second-order valence-electron chi connectivity index (χ2n) is 5.49. The number of carbonyl (C=O) groups is 1. The lowest BCUT2D eigenvalue weighted by molar-refractivity contribution is -0.156. The molecule has 3 unspecified atom stereocenters. The van der Waals surface area contributed by atoms with E-state index >= 15 is 0 Å². The fourth-order valence-electron chi connectivity index (χ4n) is 2.63. The average molecular weight is 326 g/mol. The van der Waals surface area contributed by atoms with Crippen LogP contribution in [0, 0.1) is 5.92 Å². The van der Waals surface area contributed by atoms with Gasteiger partial charge in [0.2, 0.25) is 0 Å². The van der Waals surface area contributed by atoms with Gasteiger partial charge < -0.3 is 4.74 Å². The number of esters is 1. The second kappa shape index (κ2) is 5.25. The van der Waals surface area contributed by atoms with Crippen LogP contribution >= 0.6 is 15.9 Å². The van der Waals surface area contributed by atoms with E-state index in [1.807, 2.05) is 50.2 Å². The Labute approximate surface area is 123 Å². The van der Waals surface area contributed by atoms with Crippen LogP contribution < -0.4 is 0 Å². The summed E-state index contributed by atoms with van der Waals surface area (Å²) in [5.74, 6) is 0.245. The van der Waals surface area contributed by atoms with Gasteiger partial charge in [-0.25, -0.2) is 0 Å². The van der Waals surface area contributed by atoms with Crippen LogP contribution in [0.2, 0.25) is 0 Å². The summed E-state index contributed by atoms with van der Waals surface area (Å²) in [4.78, 5) is 14.4. The van der Waals surface area contributed by atoms with Gasteiger partial charge in [0.15, 0.2) is 0 Å². The molecule has 0 radical (unpaired) electrons. The number of halogens is 1. The zero-order valence-electron chi connectivity index (χ0n) is 11.8. The summed E-state index contributed by atoms with van der Waals surface area (Å²) >= 11 is 3.49. The molecule has 2 rings (SSSR count). The van der Waals surface area contributed by atoms with Crippen molar-refractivity contribution in [3.8, 4) is 0 Å². The normalized spacial score (nSPS) is 27.2. The summed E-state index contributed by atoms with van der Waals surface area (Å²) in [6.45, 7) is 4.00. The van der Waals surface area contributed by atoms with Crippen molar-refractivity contribution in [1.29, 1.82) is 0 Å². The van der Waals surface area contributed by atoms with Crippen LogP contribution in [0.4, 0.5) is 0 Å². The first-order chi connectivity index (χ1) is 8.89. The van der Waals surface area contributed by atoms with Crippen molar-refractivity contribution in [2.45, 2.75) is 31.9 Å². The zero-order valence-corrected chi connectivity index (χ0v) is 13.4. The van der Waals surface area contributed by atoms with Gasteiger partial charge in [0.1, 0.15) is 11.6 Å². The van der Waals surface area contributed by atoms with Crippen molar-refractivity contribution in [1.82, 2.24) is 4.90 Å². The Morgan fingerprint density at radius 3 is 2.53 bits per heavy atom. The molecular formula is C15H20BrNO2. The number of likely N-dealkylation sites (N-methyl/N-ethyl adjacent to an activating group) is 1. The quantitative estimate of drug-likeness (QED) is 0.795. The van der Waals surface area contributed by atoms with Crippen molar-refractivity contribution in [2.75, 3.05) is 14.1 Å². The number of carbonyl (C=O) groups excluding carboxylic acids is 1. The highest BCUT2D eigenvalue weighted by atomic mass is 79.9. The van der Waals surface area contributed by atoms with Gasteiger partial charge in [-0.05, 0) is 39.4 Å². The summed E-state index contributed by atoms with van der Waals surface area (Å²) in [5, 5.41) is 0. The number of hydrogen-bond donors (Lipinski definition) is 0. The number of nitrogens with zero attached hydrogens (tertiary/aromatic N) is 1. The van der Waals surface area contributed by atoms with Gasteiger partial charge >= 0.3 is 5.97 Å². The molecule has 0 heterocycles. The van der Waals surface area contributed by atoms with Crippen LogP contribution in [0.25, 0.3) is 0 Å². The maximum absolute atomic E-state index is 12.4. The maximum atomic E-state index is 12.4. The van der Waals surface area contributed by atoms with Gasteiger partial charge in [-0.3, -0.25) is 9.69 Å². The minimum absolute atomic E-state index is 0.117. The van der Waals surface area contributed by atoms with Crippen LogP contribution in [0.3, 0.4) is 0 Å². The van der Waals surface area contributed by atoms with E-state index < -0.39 is 5.54 Å². The van der Waals surface area contributed by atoms with Gasteiger partial charge in [-0.15, -0.1) is 0 Å². The maximum Gasteiger partial charge on any atom is 0.327 e. The van der Waals surface area contributed by atoms with Crippen molar-refractivity contribution >= 4 is 21.9 Å². The lowest BCUT2D eigenvalue weighted by Crippen LogP contribution is -2.41. The Balaban J connectivity index is 2.10. The first kappa shape index (κ1) is 14.5. The summed E-state index contributed by atoms with van der Waals surface area (Å²) in [6.07, 6.45) is 0.634. The lowest BCUT2D eigenvalue weighted by atomic mass is 10.1. The second-order valence-corrected chi connectivity index (χ2v) is 6.35. The van der Waals surface area contributed by atoms with E-state index in [1.165, 1.54) is 0 Å². The van der Waals surface area contributed by atoms with E-state index in [-0.39, 0.29) is 12.1 Å². The molecule has 4 heteroatoms. The number of ether oxygens (including phenoxy) is 1. The van der Waals surface area contributed by atoms with Gasteiger partial charge in [0, 0.05) is 10.0 Å². The molecule has 104 valence electrons. The van der Waals surface area contributed by atoms with Gasteiger partial charge in [0.05, 0.1) is 0 Å². The molecule has 0 aliphatic heterocycles. The number of rotatable bonds is 4. The predicted octanol–water partition coefficient (Wildman–Crippen LogP) is 3.39. The SMILES string of the molecule is CC(OC(=O)C1(N(C)C)CC1C)c1ccccc1Br. The molecule has 0 bridgehead atoms. The fraction of sp³-hybridized carbons (Fsp3) is 0.533. The highest BCUT2D eigenvalue weighted by molar-refractivity contribution is 9.10. The molecule has 1 aliphatic carbocycles. The minimum Gasteiger partial charge on any atom is -0.456 e. The smallest absolute Gasteiger partial charge is 0.327 e. The predicted molar refractivity (Wildman–Crippen MR) is 78.8 cm³/mol. The molecule has 19 heavy (non-hydrogen) atoms. The summed E-state index contributed by atoms with van der Waals surface area (Å²) in [6, 6.07) is 7.83. The molecule has 3 nitrogen and oxygen atoms in total. The third kappa shape index (κ3) is 2.56. The van der Waals surface area contributed by atoms with Crippen LogP contribution in [0.15, 0.2) is 28.7 Å². The Kier molecular flexibility index (Phi) is 4.02. The largest absolute Gasteiger partial charge is 0.456 e. The zero-order chi connectivity index (χ0) is 14.2. The average Bonchev–Trinajstić information content (AvgIpc) is 3.03. The van der Waals surface area contributed by atoms with Crippen LogP contribution in [0.1, 0.15) is 31.9 Å². The van der Waals surface area contributed by atoms with Crippen molar-refractivity contribution in [3.63, 3.8) is 0 Å². The monoisotopic (exact) mass is 325 g/mol. The molecule has 0 saturated heterocycles. The summed E-state index contributed by atoms with van der Waals surface area (Å²) in [7, 11) is 3.88. The number of benzene rings is 1. The molecule has 1 aromatic carbocycles. The molecule has 0 amide bonds. The van der Waals surface area contributed by atoms with Gasteiger partial charge in [0.25, 0.3) is 0 Å². The van der Waals surface area contributed by atoms with Crippen LogP contribution in [-0.2, 0) is 9.53 Å². The summed E-state index contributed by atoms with van der Waals surface area (Å²) < 4.78 is 6.64. The fourth-order valence-corrected chi connectivity index (χ4v) is 3.24. The first-order valence-electron chi connectivity index (χ1n) is 6.52. The Morgan fingerprint density at radius 2 is 2.05 bits per heavy atom. The lowest BCUT2D eigenvalue weighted by Gasteiger charge is -2.25. The molecule has 0 N–H and O–H groups in total. The van der Waals surface area contributed by atoms with E-state index in [1.54, 1.807) is 0 Å². The molecule has 1 fully saturated rings. The molecule has 1 saturated carbocycles. The third-order valence-electron chi connectivity index (χ3n) is 4.05. The molecular weight excluding hydrogens is 306 g/mol. The molecule has 0 aromatic heterocycles. The third-order valence-corrected chi connectivity index (χ3v) is 4.77. The Bertz CT molecular complexity index is 489. The molecule has 1 aromatic rings.